The van der Waals surface area contributed by atoms with E-state index in [0.29, 0.717) is 24.9 Å². The number of aromatic hydroxyl groups is 1. The van der Waals surface area contributed by atoms with Crippen LogP contribution in [0.4, 0.5) is 0 Å². The fraction of sp³-hybridized carbons (Fsp3) is 0.542. The van der Waals surface area contributed by atoms with Crippen LogP contribution in [0, 0.1) is 0 Å². The molecule has 0 radical (unpaired) electrons. The van der Waals surface area contributed by atoms with Crippen molar-refractivity contribution in [3.8, 4) is 11.5 Å². The lowest BCUT2D eigenvalue weighted by Gasteiger charge is -2.49. The van der Waals surface area contributed by atoms with Gasteiger partial charge in [0.25, 0.3) is 0 Å². The van der Waals surface area contributed by atoms with Gasteiger partial charge in [-0.1, -0.05) is 12.1 Å². The van der Waals surface area contributed by atoms with Crippen molar-refractivity contribution < 1.29 is 9.84 Å². The second kappa shape index (κ2) is 8.72. The molecule has 1 fully saturated rings. The van der Waals surface area contributed by atoms with E-state index in [1.54, 1.807) is 0 Å². The second-order valence-electron chi connectivity index (χ2n) is 9.41. The van der Waals surface area contributed by atoms with Gasteiger partial charge >= 0.3 is 0 Å². The Morgan fingerprint density at radius 3 is 2.34 bits per heavy atom. The van der Waals surface area contributed by atoms with Gasteiger partial charge < -0.3 is 15.2 Å². The number of pyridine rings is 1. The third-order valence-electron chi connectivity index (χ3n) is 5.58. The summed E-state index contributed by atoms with van der Waals surface area (Å²) in [5.74, 6) is 0.807. The molecule has 2 aromatic rings. The van der Waals surface area contributed by atoms with E-state index in [4.69, 9.17) is 4.74 Å². The Hall–Kier alpha value is -2.11. The number of piperidine rings is 1. The molecule has 0 atom stereocenters. The van der Waals surface area contributed by atoms with Crippen molar-refractivity contribution in [1.82, 2.24) is 15.2 Å². The summed E-state index contributed by atoms with van der Waals surface area (Å²) in [6.45, 7) is 13.1. The van der Waals surface area contributed by atoms with E-state index in [1.165, 1.54) is 5.56 Å². The van der Waals surface area contributed by atoms with Gasteiger partial charge in [-0.2, -0.15) is 0 Å². The van der Waals surface area contributed by atoms with E-state index < -0.39 is 0 Å². The predicted octanol–water partition coefficient (Wildman–Crippen LogP) is 4.50. The first-order chi connectivity index (χ1) is 13.7. The molecule has 0 spiro atoms. The SMILES string of the molecule is CCOc1cccc(CN(Cc2ccncc2)C2CC(C)(C)NC(C)(C)C2)c1O. The summed E-state index contributed by atoms with van der Waals surface area (Å²) in [7, 11) is 0. The molecule has 158 valence electrons. The van der Waals surface area contributed by atoms with E-state index in [-0.39, 0.29) is 16.8 Å². The maximum Gasteiger partial charge on any atom is 0.162 e. The first-order valence-electron chi connectivity index (χ1n) is 10.5. The van der Waals surface area contributed by atoms with Crippen molar-refractivity contribution >= 4 is 0 Å². The van der Waals surface area contributed by atoms with Crippen LogP contribution in [-0.2, 0) is 13.1 Å². The normalized spacial score (nSPS) is 18.7. The van der Waals surface area contributed by atoms with Gasteiger partial charge in [-0.25, -0.2) is 0 Å². The van der Waals surface area contributed by atoms with Gasteiger partial charge in [-0.05, 0) is 71.2 Å². The summed E-state index contributed by atoms with van der Waals surface area (Å²) in [5.41, 5.74) is 2.24. The minimum absolute atomic E-state index is 0.0537. The maximum atomic E-state index is 10.8. The summed E-state index contributed by atoms with van der Waals surface area (Å²) in [6.07, 6.45) is 5.79. The molecule has 3 rings (SSSR count). The fourth-order valence-electron chi connectivity index (χ4n) is 4.75. The van der Waals surface area contributed by atoms with E-state index >= 15 is 0 Å². The highest BCUT2D eigenvalue weighted by atomic mass is 16.5. The van der Waals surface area contributed by atoms with Crippen LogP contribution in [0.1, 0.15) is 58.6 Å². The molecule has 2 N–H and O–H groups in total. The number of benzene rings is 1. The number of nitrogens with zero attached hydrogens (tertiary/aromatic N) is 2. The maximum absolute atomic E-state index is 10.8. The van der Waals surface area contributed by atoms with Crippen LogP contribution in [0.25, 0.3) is 0 Å². The highest BCUT2D eigenvalue weighted by molar-refractivity contribution is 5.45. The number of ether oxygens (including phenoxy) is 1. The number of para-hydroxylation sites is 1. The van der Waals surface area contributed by atoms with Gasteiger partial charge in [0.1, 0.15) is 0 Å². The Morgan fingerprint density at radius 1 is 1.07 bits per heavy atom. The van der Waals surface area contributed by atoms with Crippen LogP contribution in [0.2, 0.25) is 0 Å². The summed E-state index contributed by atoms with van der Waals surface area (Å²) in [4.78, 5) is 6.65. The number of rotatable bonds is 7. The number of hydrogen-bond acceptors (Lipinski definition) is 5. The number of phenols is 1. The standard InChI is InChI=1S/C24H35N3O2/c1-6-29-21-9-7-8-19(22(21)28)17-27(16-18-10-12-25-13-11-18)20-14-23(2,3)26-24(4,5)15-20/h7-13,20,26,28H,6,14-17H2,1-5H3. The monoisotopic (exact) mass is 397 g/mol. The van der Waals surface area contributed by atoms with E-state index in [2.05, 4.69) is 55.0 Å². The fourth-order valence-corrected chi connectivity index (χ4v) is 4.75. The molecule has 0 saturated carbocycles. The van der Waals surface area contributed by atoms with Crippen molar-refractivity contribution in [2.75, 3.05) is 6.61 Å². The Balaban J connectivity index is 1.90. The van der Waals surface area contributed by atoms with Gasteiger partial charge in [-0.15, -0.1) is 0 Å². The second-order valence-corrected chi connectivity index (χ2v) is 9.41. The van der Waals surface area contributed by atoms with E-state index in [9.17, 15) is 5.11 Å². The Kier molecular flexibility index (Phi) is 6.49. The summed E-state index contributed by atoms with van der Waals surface area (Å²) < 4.78 is 5.60. The smallest absolute Gasteiger partial charge is 0.162 e. The molecule has 0 aliphatic carbocycles. The molecular formula is C24H35N3O2. The van der Waals surface area contributed by atoms with Crippen LogP contribution < -0.4 is 10.1 Å². The molecule has 2 heterocycles. The third kappa shape index (κ3) is 5.71. The average Bonchev–Trinajstić information content (AvgIpc) is 2.63. The van der Waals surface area contributed by atoms with E-state index in [0.717, 1.165) is 24.9 Å². The van der Waals surface area contributed by atoms with Crippen molar-refractivity contribution in [2.24, 2.45) is 0 Å². The quantitative estimate of drug-likeness (QED) is 0.720. The van der Waals surface area contributed by atoms with Gasteiger partial charge in [-0.3, -0.25) is 9.88 Å². The van der Waals surface area contributed by atoms with Crippen LogP contribution in [0.5, 0.6) is 11.5 Å². The Labute approximate surface area is 175 Å². The van der Waals surface area contributed by atoms with Crippen LogP contribution in [0.15, 0.2) is 42.7 Å². The highest BCUT2D eigenvalue weighted by Gasteiger charge is 2.40. The molecule has 5 heteroatoms. The van der Waals surface area contributed by atoms with Crippen molar-refractivity contribution in [3.63, 3.8) is 0 Å². The summed E-state index contributed by atoms with van der Waals surface area (Å²) in [6, 6.07) is 10.3. The van der Waals surface area contributed by atoms with Crippen molar-refractivity contribution in [2.45, 2.75) is 77.7 Å². The van der Waals surface area contributed by atoms with Gasteiger partial charge in [0.15, 0.2) is 11.5 Å². The zero-order valence-corrected chi connectivity index (χ0v) is 18.4. The Bertz CT molecular complexity index is 789. The lowest BCUT2D eigenvalue weighted by molar-refractivity contribution is 0.0558. The molecule has 1 aliphatic rings. The predicted molar refractivity (Wildman–Crippen MR) is 117 cm³/mol. The van der Waals surface area contributed by atoms with Crippen molar-refractivity contribution in [3.05, 3.63) is 53.9 Å². The van der Waals surface area contributed by atoms with Crippen LogP contribution >= 0.6 is 0 Å². The first kappa shape index (κ1) is 21.6. The largest absolute Gasteiger partial charge is 0.504 e. The third-order valence-corrected chi connectivity index (χ3v) is 5.58. The van der Waals surface area contributed by atoms with Gasteiger partial charge in [0, 0.05) is 48.2 Å². The topological polar surface area (TPSA) is 57.6 Å². The van der Waals surface area contributed by atoms with Gasteiger partial charge in [0.05, 0.1) is 6.61 Å². The molecule has 0 bridgehead atoms. The minimum atomic E-state index is 0.0537. The molecule has 0 unspecified atom stereocenters. The van der Waals surface area contributed by atoms with E-state index in [1.807, 2.05) is 37.5 Å². The lowest BCUT2D eigenvalue weighted by Crippen LogP contribution is -2.62. The zero-order valence-electron chi connectivity index (χ0n) is 18.4. The Morgan fingerprint density at radius 2 is 1.72 bits per heavy atom. The highest BCUT2D eigenvalue weighted by Crippen LogP contribution is 2.36. The molecule has 29 heavy (non-hydrogen) atoms. The van der Waals surface area contributed by atoms with Gasteiger partial charge in [0.2, 0.25) is 0 Å². The number of hydrogen-bond donors (Lipinski definition) is 2. The lowest BCUT2D eigenvalue weighted by atomic mass is 9.78. The molecular weight excluding hydrogens is 362 g/mol. The molecule has 1 aliphatic heterocycles. The van der Waals surface area contributed by atoms with Crippen LogP contribution in [0.3, 0.4) is 0 Å². The molecule has 5 nitrogen and oxygen atoms in total. The minimum Gasteiger partial charge on any atom is -0.504 e. The first-order valence-corrected chi connectivity index (χ1v) is 10.5. The number of phenolic OH excluding ortho intramolecular Hbond substituents is 1. The van der Waals surface area contributed by atoms with Crippen molar-refractivity contribution in [1.29, 1.82) is 0 Å². The zero-order chi connectivity index (χ0) is 21.1. The molecule has 1 saturated heterocycles. The number of nitrogens with one attached hydrogen (secondary N) is 1. The summed E-state index contributed by atoms with van der Waals surface area (Å²) in [5, 5.41) is 14.5. The molecule has 1 aromatic heterocycles. The summed E-state index contributed by atoms with van der Waals surface area (Å²) >= 11 is 0. The average molecular weight is 398 g/mol. The van der Waals surface area contributed by atoms with Crippen LogP contribution in [-0.4, -0.2) is 38.7 Å². The number of aromatic nitrogens is 1. The molecule has 1 aromatic carbocycles. The molecule has 0 amide bonds.